The molecular weight excluding hydrogens is 376 g/mol. The van der Waals surface area contributed by atoms with Gasteiger partial charge in [-0.25, -0.2) is 0 Å². The van der Waals surface area contributed by atoms with Gasteiger partial charge in [0, 0.05) is 21.3 Å². The molecule has 0 saturated carbocycles. The largest absolute Gasteiger partial charge is 0.529 e. The van der Waals surface area contributed by atoms with Gasteiger partial charge in [0.15, 0.2) is 0 Å². The van der Waals surface area contributed by atoms with Crippen LogP contribution in [0, 0.1) is 0 Å². The molecule has 0 N–H and O–H groups in total. The fourth-order valence-electron chi connectivity index (χ4n) is 1.76. The summed E-state index contributed by atoms with van der Waals surface area (Å²) in [5.41, 5.74) is 1.60. The van der Waals surface area contributed by atoms with Crippen molar-refractivity contribution in [3.63, 3.8) is 0 Å². The van der Waals surface area contributed by atoms with Crippen LogP contribution in [-0.2, 0) is 41.7 Å². The molecule has 0 aliphatic carbocycles. The van der Waals surface area contributed by atoms with Crippen LogP contribution in [0.1, 0.15) is 0 Å². The van der Waals surface area contributed by atoms with E-state index in [1.807, 2.05) is 0 Å². The van der Waals surface area contributed by atoms with Gasteiger partial charge in [-0.1, -0.05) is 6.58 Å². The van der Waals surface area contributed by atoms with E-state index in [0.29, 0.717) is 79.3 Å². The summed E-state index contributed by atoms with van der Waals surface area (Å²) >= 11 is 0. The predicted octanol–water partition coefficient (Wildman–Crippen LogP) is 0.689. The topological polar surface area (TPSA) is 83.1 Å². The molecule has 0 aromatic heterocycles. The second kappa shape index (κ2) is 20.3. The van der Waals surface area contributed by atoms with Crippen molar-refractivity contribution in [2.45, 2.75) is 0 Å². The molecule has 0 saturated heterocycles. The molecule has 10 heteroatoms. The highest BCUT2D eigenvalue weighted by Crippen LogP contribution is 2.11. The SMILES string of the molecule is C=C[Si](OCCOCCOC)(OCCOCCOC)OCCOCCOC. The molecule has 0 heterocycles. The maximum absolute atomic E-state index is 5.86. The molecule has 0 bridgehead atoms. The van der Waals surface area contributed by atoms with Crippen molar-refractivity contribution in [1.29, 1.82) is 0 Å². The van der Waals surface area contributed by atoms with Crippen LogP contribution in [0.5, 0.6) is 0 Å². The number of hydrogen-bond donors (Lipinski definition) is 0. The lowest BCUT2D eigenvalue weighted by molar-refractivity contribution is -0.00522. The molecule has 0 unspecified atom stereocenters. The lowest BCUT2D eigenvalue weighted by atomic mass is 10.7. The van der Waals surface area contributed by atoms with Crippen LogP contribution in [0.25, 0.3) is 0 Å². The highest BCUT2D eigenvalue weighted by atomic mass is 28.4. The van der Waals surface area contributed by atoms with Gasteiger partial charge in [-0.15, -0.1) is 0 Å². The van der Waals surface area contributed by atoms with Gasteiger partial charge in [-0.3, -0.25) is 0 Å². The zero-order valence-electron chi connectivity index (χ0n) is 16.9. The summed E-state index contributed by atoms with van der Waals surface area (Å²) in [5.74, 6) is 0. The normalized spacial score (nSPS) is 11.8. The van der Waals surface area contributed by atoms with Gasteiger partial charge < -0.3 is 41.7 Å². The lowest BCUT2D eigenvalue weighted by Gasteiger charge is -2.26. The molecule has 0 aliphatic heterocycles. The van der Waals surface area contributed by atoms with E-state index >= 15 is 0 Å². The second-order valence-electron chi connectivity index (χ2n) is 5.17. The summed E-state index contributed by atoms with van der Waals surface area (Å²) in [4.78, 5) is 0. The van der Waals surface area contributed by atoms with E-state index in [-0.39, 0.29) is 0 Å². The third-order valence-electron chi connectivity index (χ3n) is 3.14. The van der Waals surface area contributed by atoms with E-state index in [1.54, 1.807) is 27.0 Å². The Balaban J connectivity index is 4.25. The Kier molecular flexibility index (Phi) is 20.0. The van der Waals surface area contributed by atoms with Crippen molar-refractivity contribution in [1.82, 2.24) is 0 Å². The van der Waals surface area contributed by atoms with Crippen LogP contribution in [0.2, 0.25) is 0 Å². The van der Waals surface area contributed by atoms with E-state index in [1.165, 1.54) is 0 Å². The monoisotopic (exact) mass is 412 g/mol. The second-order valence-corrected chi connectivity index (χ2v) is 7.65. The van der Waals surface area contributed by atoms with Crippen molar-refractivity contribution in [3.8, 4) is 0 Å². The lowest BCUT2D eigenvalue weighted by Crippen LogP contribution is -2.46. The summed E-state index contributed by atoms with van der Waals surface area (Å²) in [5, 5.41) is 0. The first-order valence-corrected chi connectivity index (χ1v) is 10.8. The Bertz CT molecular complexity index is 280. The van der Waals surface area contributed by atoms with Gasteiger partial charge >= 0.3 is 8.80 Å². The maximum atomic E-state index is 5.86. The third kappa shape index (κ3) is 16.3. The van der Waals surface area contributed by atoms with E-state index < -0.39 is 8.80 Å². The average molecular weight is 413 g/mol. The van der Waals surface area contributed by atoms with Crippen molar-refractivity contribution in [2.24, 2.45) is 0 Å². The van der Waals surface area contributed by atoms with Crippen LogP contribution in [-0.4, -0.2) is 109 Å². The average Bonchev–Trinajstić information content (AvgIpc) is 2.69. The third-order valence-corrected chi connectivity index (χ3v) is 5.46. The van der Waals surface area contributed by atoms with E-state index in [4.69, 9.17) is 41.7 Å². The standard InChI is InChI=1S/C17H36O9Si/c1-5-27(24-15-12-21-9-6-18-2,25-16-13-22-10-7-19-3)26-17-14-23-11-8-20-4/h5H,1,6-17H2,2-4H3. The Hall–Kier alpha value is -0.403. The zero-order chi connectivity index (χ0) is 20.1. The highest BCUT2D eigenvalue weighted by Gasteiger charge is 2.38. The Morgan fingerprint density at radius 3 is 1.07 bits per heavy atom. The number of rotatable bonds is 22. The molecule has 162 valence electrons. The summed E-state index contributed by atoms with van der Waals surface area (Å²) in [6, 6.07) is 0. The quantitative estimate of drug-likeness (QED) is 0.188. The van der Waals surface area contributed by atoms with Crippen LogP contribution < -0.4 is 0 Å². The summed E-state index contributed by atoms with van der Waals surface area (Å²) in [6.07, 6.45) is 0. The van der Waals surface area contributed by atoms with Crippen LogP contribution in [0.3, 0.4) is 0 Å². The van der Waals surface area contributed by atoms with Gasteiger partial charge in [0.05, 0.1) is 79.3 Å². The smallest absolute Gasteiger partial charge is 0.382 e. The minimum Gasteiger partial charge on any atom is -0.382 e. The van der Waals surface area contributed by atoms with Gasteiger partial charge in [0.1, 0.15) is 0 Å². The molecule has 0 aromatic carbocycles. The van der Waals surface area contributed by atoms with Crippen molar-refractivity contribution >= 4 is 8.80 Å². The van der Waals surface area contributed by atoms with Crippen molar-refractivity contribution in [3.05, 3.63) is 12.3 Å². The molecule has 0 aliphatic rings. The first-order valence-electron chi connectivity index (χ1n) is 9.00. The number of methoxy groups -OCH3 is 3. The predicted molar refractivity (Wildman–Crippen MR) is 102 cm³/mol. The van der Waals surface area contributed by atoms with Gasteiger partial charge in [-0.05, 0) is 5.70 Å². The minimum absolute atomic E-state index is 0.330. The van der Waals surface area contributed by atoms with E-state index in [9.17, 15) is 0 Å². The fraction of sp³-hybridized carbons (Fsp3) is 0.882. The first kappa shape index (κ1) is 26.6. The molecule has 0 aromatic rings. The van der Waals surface area contributed by atoms with Gasteiger partial charge in [-0.2, -0.15) is 0 Å². The Morgan fingerprint density at radius 2 is 0.815 bits per heavy atom. The first-order chi connectivity index (χ1) is 13.2. The number of ether oxygens (including phenoxy) is 6. The van der Waals surface area contributed by atoms with Crippen molar-refractivity contribution < 1.29 is 41.7 Å². The Morgan fingerprint density at radius 1 is 0.519 bits per heavy atom. The highest BCUT2D eigenvalue weighted by molar-refractivity contribution is 6.66. The number of hydrogen-bond acceptors (Lipinski definition) is 9. The van der Waals surface area contributed by atoms with Crippen LogP contribution >= 0.6 is 0 Å². The molecule has 0 fully saturated rings. The van der Waals surface area contributed by atoms with E-state index in [2.05, 4.69) is 6.58 Å². The minimum atomic E-state index is -3.04. The molecule has 0 rings (SSSR count). The maximum Gasteiger partial charge on any atom is 0.529 e. The molecule has 0 atom stereocenters. The summed E-state index contributed by atoms with van der Waals surface area (Å²) in [6.45, 7) is 9.17. The van der Waals surface area contributed by atoms with Gasteiger partial charge in [0.25, 0.3) is 0 Å². The zero-order valence-corrected chi connectivity index (χ0v) is 17.9. The Labute approximate surface area is 164 Å². The van der Waals surface area contributed by atoms with Crippen molar-refractivity contribution in [2.75, 3.05) is 101 Å². The van der Waals surface area contributed by atoms with E-state index in [0.717, 1.165) is 0 Å². The summed E-state index contributed by atoms with van der Waals surface area (Å²) in [7, 11) is 1.83. The van der Waals surface area contributed by atoms with Crippen LogP contribution in [0.15, 0.2) is 12.3 Å². The fourth-order valence-corrected chi connectivity index (χ4v) is 3.47. The summed E-state index contributed by atoms with van der Waals surface area (Å²) < 4.78 is 48.6. The molecule has 0 radical (unpaired) electrons. The van der Waals surface area contributed by atoms with Gasteiger partial charge in [0.2, 0.25) is 0 Å². The van der Waals surface area contributed by atoms with Crippen LogP contribution in [0.4, 0.5) is 0 Å². The molecule has 27 heavy (non-hydrogen) atoms. The molecular formula is C17H36O9Si. The molecule has 9 nitrogen and oxygen atoms in total. The molecule has 0 spiro atoms. The molecule has 0 amide bonds.